The van der Waals surface area contributed by atoms with E-state index < -0.39 is 16.6 Å². The number of para-hydroxylation sites is 1. The second kappa shape index (κ2) is 10.2. The molecule has 0 aromatic heterocycles. The monoisotopic (exact) mass is 400 g/mol. The molecule has 0 radical (unpaired) electrons. The molecule has 0 atom stereocenters. The quantitative estimate of drug-likeness (QED) is 0.677. The van der Waals surface area contributed by atoms with Crippen molar-refractivity contribution in [2.75, 3.05) is 26.2 Å². The minimum atomic E-state index is -3.89. The van der Waals surface area contributed by atoms with Crippen molar-refractivity contribution in [3.8, 4) is 5.75 Å². The van der Waals surface area contributed by atoms with E-state index in [2.05, 4.69) is 4.74 Å². The molecule has 0 spiro atoms. The fourth-order valence-corrected chi connectivity index (χ4v) is 4.16. The Balaban J connectivity index is 0.00000312. The van der Waals surface area contributed by atoms with Crippen molar-refractivity contribution >= 4 is 22.4 Å². The van der Waals surface area contributed by atoms with Crippen LogP contribution < -0.4 is 10.5 Å². The number of hydrogen-bond donors (Lipinski definition) is 1. The lowest BCUT2D eigenvalue weighted by Crippen LogP contribution is -2.41. The van der Waals surface area contributed by atoms with Crippen LogP contribution in [-0.4, -0.2) is 51.7 Å². The Kier molecular flexibility index (Phi) is 9.01. The first-order valence-corrected chi connectivity index (χ1v) is 9.25. The maximum Gasteiger partial charge on any atom is 0.387 e. The van der Waals surface area contributed by atoms with Gasteiger partial charge in [0, 0.05) is 19.7 Å². The second-order valence-corrected chi connectivity index (χ2v) is 7.35. The van der Waals surface area contributed by atoms with Crippen LogP contribution in [0.4, 0.5) is 8.78 Å². The lowest BCUT2D eigenvalue weighted by Gasteiger charge is -2.31. The summed E-state index contributed by atoms with van der Waals surface area (Å²) in [6.07, 6.45) is 1.87. The average Bonchev–Trinajstić information content (AvgIpc) is 2.55. The van der Waals surface area contributed by atoms with Crippen molar-refractivity contribution < 1.29 is 26.7 Å². The first-order valence-electron chi connectivity index (χ1n) is 7.81. The van der Waals surface area contributed by atoms with Crippen LogP contribution >= 0.6 is 12.4 Å². The zero-order valence-corrected chi connectivity index (χ0v) is 15.3. The molecule has 1 aromatic rings. The van der Waals surface area contributed by atoms with Gasteiger partial charge in [-0.25, -0.2) is 8.42 Å². The van der Waals surface area contributed by atoms with Crippen molar-refractivity contribution in [3.05, 3.63) is 24.3 Å². The molecular weight excluding hydrogens is 378 g/mol. The molecule has 144 valence electrons. The predicted octanol–water partition coefficient (Wildman–Crippen LogP) is 2.23. The van der Waals surface area contributed by atoms with Gasteiger partial charge in [-0.2, -0.15) is 13.1 Å². The number of piperidine rings is 1. The van der Waals surface area contributed by atoms with Crippen LogP contribution in [0.2, 0.25) is 0 Å². The van der Waals surface area contributed by atoms with Gasteiger partial charge in [0.2, 0.25) is 10.0 Å². The van der Waals surface area contributed by atoms with Crippen molar-refractivity contribution in [2.45, 2.75) is 36.9 Å². The van der Waals surface area contributed by atoms with E-state index >= 15 is 0 Å². The van der Waals surface area contributed by atoms with Gasteiger partial charge in [0.1, 0.15) is 10.6 Å². The van der Waals surface area contributed by atoms with Crippen molar-refractivity contribution in [3.63, 3.8) is 0 Å². The molecular formula is C15H23ClF2N2O4S. The molecule has 0 saturated carbocycles. The van der Waals surface area contributed by atoms with Gasteiger partial charge < -0.3 is 15.2 Å². The topological polar surface area (TPSA) is 81.9 Å². The number of nitrogens with two attached hydrogens (primary N) is 1. The molecule has 25 heavy (non-hydrogen) atoms. The van der Waals surface area contributed by atoms with Crippen LogP contribution in [0.3, 0.4) is 0 Å². The predicted molar refractivity (Wildman–Crippen MR) is 91.7 cm³/mol. The number of nitrogens with zero attached hydrogens (tertiary/aromatic N) is 1. The molecule has 0 bridgehead atoms. The van der Waals surface area contributed by atoms with Crippen molar-refractivity contribution in [1.29, 1.82) is 0 Å². The summed E-state index contributed by atoms with van der Waals surface area (Å²) in [5.74, 6) is -0.339. The largest absolute Gasteiger partial charge is 0.433 e. The van der Waals surface area contributed by atoms with Crippen LogP contribution in [-0.2, 0) is 14.8 Å². The Bertz CT molecular complexity index is 626. The van der Waals surface area contributed by atoms with Crippen LogP contribution in [0.25, 0.3) is 0 Å². The van der Waals surface area contributed by atoms with Gasteiger partial charge >= 0.3 is 6.61 Å². The zero-order chi connectivity index (χ0) is 17.6. The number of rotatable bonds is 8. The Morgan fingerprint density at radius 2 is 1.88 bits per heavy atom. The van der Waals surface area contributed by atoms with E-state index in [9.17, 15) is 17.2 Å². The van der Waals surface area contributed by atoms with E-state index in [1.807, 2.05) is 0 Å². The highest BCUT2D eigenvalue weighted by Gasteiger charge is 2.32. The van der Waals surface area contributed by atoms with E-state index in [1.54, 1.807) is 0 Å². The number of sulfonamides is 1. The van der Waals surface area contributed by atoms with Gasteiger partial charge in [-0.05, 0) is 37.9 Å². The van der Waals surface area contributed by atoms with E-state index in [-0.39, 0.29) is 42.2 Å². The minimum absolute atomic E-state index is 0. The molecule has 1 aliphatic rings. The molecule has 2 N–H and O–H groups in total. The third kappa shape index (κ3) is 6.03. The van der Waals surface area contributed by atoms with Crippen LogP contribution in [0.15, 0.2) is 29.2 Å². The van der Waals surface area contributed by atoms with Gasteiger partial charge in [0.15, 0.2) is 0 Å². The molecule has 0 amide bonds. The Morgan fingerprint density at radius 1 is 1.24 bits per heavy atom. The molecule has 0 unspecified atom stereocenters. The number of halogens is 3. The maximum absolute atomic E-state index is 12.7. The molecule has 10 heteroatoms. The molecule has 1 aliphatic heterocycles. The fourth-order valence-electron chi connectivity index (χ4n) is 2.57. The first kappa shape index (κ1) is 22.0. The summed E-state index contributed by atoms with van der Waals surface area (Å²) in [5.41, 5.74) is 5.40. The Labute approximate surface area is 152 Å². The number of benzene rings is 1. The van der Waals surface area contributed by atoms with Gasteiger partial charge in [-0.3, -0.25) is 0 Å². The molecule has 1 heterocycles. The molecule has 1 aromatic carbocycles. The summed E-state index contributed by atoms with van der Waals surface area (Å²) in [4.78, 5) is -0.243. The third-order valence-electron chi connectivity index (χ3n) is 3.79. The van der Waals surface area contributed by atoms with E-state index in [1.165, 1.54) is 28.6 Å². The lowest BCUT2D eigenvalue weighted by molar-refractivity contribution is -0.0518. The van der Waals surface area contributed by atoms with E-state index in [4.69, 9.17) is 10.5 Å². The van der Waals surface area contributed by atoms with Gasteiger partial charge in [0.05, 0.1) is 6.10 Å². The highest BCUT2D eigenvalue weighted by molar-refractivity contribution is 7.89. The summed E-state index contributed by atoms with van der Waals surface area (Å²) in [7, 11) is -3.89. The molecule has 6 nitrogen and oxygen atoms in total. The highest BCUT2D eigenvalue weighted by atomic mass is 35.5. The average molecular weight is 401 g/mol. The van der Waals surface area contributed by atoms with Gasteiger partial charge in [-0.1, -0.05) is 12.1 Å². The third-order valence-corrected chi connectivity index (χ3v) is 5.72. The molecule has 1 fully saturated rings. The first-order chi connectivity index (χ1) is 11.4. The summed E-state index contributed by atoms with van der Waals surface area (Å²) < 4.78 is 61.6. The van der Waals surface area contributed by atoms with Crippen LogP contribution in [0.5, 0.6) is 5.75 Å². The molecule has 2 rings (SSSR count). The smallest absolute Gasteiger partial charge is 0.387 e. The number of alkyl halides is 2. The Hall–Kier alpha value is -1.00. The number of ether oxygens (including phenoxy) is 2. The van der Waals surface area contributed by atoms with E-state index in [0.717, 1.165) is 6.42 Å². The van der Waals surface area contributed by atoms with Gasteiger partial charge in [-0.15, -0.1) is 12.4 Å². The SMILES string of the molecule is Cl.NCCCOC1CCN(S(=O)(=O)c2ccccc2OC(F)F)CC1. The summed E-state index contributed by atoms with van der Waals surface area (Å²) in [6, 6.07) is 5.43. The number of hydrogen-bond acceptors (Lipinski definition) is 5. The zero-order valence-electron chi connectivity index (χ0n) is 13.6. The van der Waals surface area contributed by atoms with Gasteiger partial charge in [0.25, 0.3) is 0 Å². The molecule has 1 saturated heterocycles. The molecule has 0 aliphatic carbocycles. The van der Waals surface area contributed by atoms with Crippen LogP contribution in [0, 0.1) is 0 Å². The van der Waals surface area contributed by atoms with E-state index in [0.29, 0.717) is 26.0 Å². The fraction of sp³-hybridized carbons (Fsp3) is 0.600. The maximum atomic E-state index is 12.7. The highest BCUT2D eigenvalue weighted by Crippen LogP contribution is 2.29. The second-order valence-electron chi connectivity index (χ2n) is 5.44. The standard InChI is InChI=1S/C15H22F2N2O4S.ClH/c16-15(17)23-13-4-1-2-5-14(13)24(20,21)19-9-6-12(7-10-19)22-11-3-8-18;/h1-2,4-5,12,15H,3,6-11,18H2;1H. The van der Waals surface area contributed by atoms with Crippen molar-refractivity contribution in [1.82, 2.24) is 4.31 Å². The lowest BCUT2D eigenvalue weighted by atomic mass is 10.1. The van der Waals surface area contributed by atoms with Crippen molar-refractivity contribution in [2.24, 2.45) is 5.73 Å². The summed E-state index contributed by atoms with van der Waals surface area (Å²) in [5, 5.41) is 0. The Morgan fingerprint density at radius 3 is 2.48 bits per heavy atom. The van der Waals surface area contributed by atoms with Crippen LogP contribution in [0.1, 0.15) is 19.3 Å². The normalized spacial score (nSPS) is 16.6. The summed E-state index contributed by atoms with van der Waals surface area (Å²) >= 11 is 0. The summed E-state index contributed by atoms with van der Waals surface area (Å²) in [6.45, 7) is -1.42. The minimum Gasteiger partial charge on any atom is -0.433 e.